The Balaban J connectivity index is 3.01. The minimum absolute atomic E-state index is 0.0520. The van der Waals surface area contributed by atoms with Gasteiger partial charge in [-0.15, -0.1) is 5.10 Å². The van der Waals surface area contributed by atoms with Crippen molar-refractivity contribution in [2.75, 3.05) is 11.5 Å². The zero-order valence-corrected chi connectivity index (χ0v) is 8.39. The van der Waals surface area contributed by atoms with Crippen LogP contribution in [0.2, 0.25) is 0 Å². The fraction of sp³-hybridized carbons (Fsp3) is 0.111. The highest BCUT2D eigenvalue weighted by molar-refractivity contribution is 5.70. The maximum absolute atomic E-state index is 8.88. The number of anilines is 2. The molecular weight excluding hydrogens is 206 g/mol. The third kappa shape index (κ3) is 1.06. The van der Waals surface area contributed by atoms with Gasteiger partial charge in [0.25, 0.3) is 0 Å². The van der Waals surface area contributed by atoms with Crippen molar-refractivity contribution >= 4 is 17.3 Å². The number of aromatic nitrogens is 3. The van der Waals surface area contributed by atoms with Gasteiger partial charge in [-0.25, -0.2) is 4.98 Å². The third-order valence-corrected chi connectivity index (χ3v) is 2.23. The van der Waals surface area contributed by atoms with Gasteiger partial charge in [0.15, 0.2) is 11.5 Å². The predicted molar refractivity (Wildman–Crippen MR) is 56.0 cm³/mol. The Labute approximate surface area is 90.5 Å². The van der Waals surface area contributed by atoms with E-state index in [1.807, 2.05) is 12.1 Å². The van der Waals surface area contributed by atoms with E-state index >= 15 is 0 Å². The number of rotatable bonds is 0. The zero-order chi connectivity index (χ0) is 11.9. The van der Waals surface area contributed by atoms with Crippen molar-refractivity contribution in [3.8, 4) is 12.1 Å². The summed E-state index contributed by atoms with van der Waals surface area (Å²) in [7, 11) is 0. The lowest BCUT2D eigenvalue weighted by atomic mass is 10.2. The summed E-state index contributed by atoms with van der Waals surface area (Å²) in [5.41, 5.74) is 12.4. The van der Waals surface area contributed by atoms with Crippen molar-refractivity contribution in [2.24, 2.45) is 0 Å². The second-order valence-electron chi connectivity index (χ2n) is 3.18. The lowest BCUT2D eigenvalue weighted by molar-refractivity contribution is 0.942. The van der Waals surface area contributed by atoms with Gasteiger partial charge in [0, 0.05) is 0 Å². The summed E-state index contributed by atoms with van der Waals surface area (Å²) in [6, 6.07) is 3.83. The fourth-order valence-corrected chi connectivity index (χ4v) is 1.45. The largest absolute Gasteiger partial charge is 0.382 e. The van der Waals surface area contributed by atoms with Crippen molar-refractivity contribution in [2.45, 2.75) is 6.92 Å². The number of hydrogen-bond donors (Lipinski definition) is 2. The van der Waals surface area contributed by atoms with Crippen LogP contribution in [0.4, 0.5) is 11.6 Å². The molecule has 0 bridgehead atoms. The molecule has 0 atom stereocenters. The highest BCUT2D eigenvalue weighted by Gasteiger charge is 2.17. The molecule has 2 rings (SSSR count). The lowest BCUT2D eigenvalue weighted by Gasteiger charge is -2.03. The molecule has 0 aromatic carbocycles. The Morgan fingerprint density at radius 3 is 2.38 bits per heavy atom. The minimum atomic E-state index is 0.0520. The molecule has 4 N–H and O–H groups in total. The normalized spacial score (nSPS) is 9.94. The molecule has 0 aliphatic carbocycles. The first-order valence-electron chi connectivity index (χ1n) is 4.34. The van der Waals surface area contributed by atoms with Gasteiger partial charge in [-0.2, -0.15) is 15.0 Å². The Kier molecular flexibility index (Phi) is 1.89. The number of nitrogen functional groups attached to an aromatic ring is 2. The SMILES string of the molecule is Cc1nc2c(C#N)c(N)nn2c(N)c1C#N. The van der Waals surface area contributed by atoms with Crippen molar-refractivity contribution in [3.05, 3.63) is 16.8 Å². The van der Waals surface area contributed by atoms with Crippen LogP contribution in [0.1, 0.15) is 16.8 Å². The first kappa shape index (κ1) is 9.74. The highest BCUT2D eigenvalue weighted by atomic mass is 15.3. The van der Waals surface area contributed by atoms with Crippen molar-refractivity contribution in [3.63, 3.8) is 0 Å². The molecule has 0 saturated heterocycles. The van der Waals surface area contributed by atoms with Crippen LogP contribution in [0, 0.1) is 29.6 Å². The van der Waals surface area contributed by atoms with Crippen LogP contribution in [-0.2, 0) is 0 Å². The molecule has 0 spiro atoms. The van der Waals surface area contributed by atoms with E-state index in [2.05, 4.69) is 10.1 Å². The molecule has 2 heterocycles. The minimum Gasteiger partial charge on any atom is -0.382 e. The highest BCUT2D eigenvalue weighted by Crippen LogP contribution is 2.21. The van der Waals surface area contributed by atoms with Crippen LogP contribution >= 0.6 is 0 Å². The fourth-order valence-electron chi connectivity index (χ4n) is 1.45. The zero-order valence-electron chi connectivity index (χ0n) is 8.39. The average Bonchev–Trinajstić information content (AvgIpc) is 2.55. The summed E-state index contributed by atoms with van der Waals surface area (Å²) in [5.74, 6) is 0.189. The van der Waals surface area contributed by atoms with E-state index in [0.29, 0.717) is 5.69 Å². The first-order valence-corrected chi connectivity index (χ1v) is 4.34. The summed E-state index contributed by atoms with van der Waals surface area (Å²) in [4.78, 5) is 4.09. The van der Waals surface area contributed by atoms with Gasteiger partial charge < -0.3 is 11.5 Å². The second-order valence-corrected chi connectivity index (χ2v) is 3.18. The number of hydrogen-bond acceptors (Lipinski definition) is 6. The van der Waals surface area contributed by atoms with Crippen molar-refractivity contribution in [1.82, 2.24) is 14.6 Å². The average molecular weight is 213 g/mol. The molecule has 0 unspecified atom stereocenters. The number of nitrogens with zero attached hydrogens (tertiary/aromatic N) is 5. The Morgan fingerprint density at radius 2 is 1.81 bits per heavy atom. The van der Waals surface area contributed by atoms with Crippen molar-refractivity contribution in [1.29, 1.82) is 10.5 Å². The van der Waals surface area contributed by atoms with Gasteiger partial charge in [0.05, 0.1) is 5.69 Å². The summed E-state index contributed by atoms with van der Waals surface area (Å²) in [6.07, 6.45) is 0. The van der Waals surface area contributed by atoms with Crippen LogP contribution in [0.25, 0.3) is 5.65 Å². The van der Waals surface area contributed by atoms with E-state index in [9.17, 15) is 0 Å². The summed E-state index contributed by atoms with van der Waals surface area (Å²) >= 11 is 0. The van der Waals surface area contributed by atoms with Crippen LogP contribution in [0.15, 0.2) is 0 Å². The number of aryl methyl sites for hydroxylation is 1. The molecular formula is C9H7N7. The monoisotopic (exact) mass is 213 g/mol. The molecule has 0 amide bonds. The quantitative estimate of drug-likeness (QED) is 0.630. The third-order valence-electron chi connectivity index (χ3n) is 2.23. The molecule has 7 nitrogen and oxygen atoms in total. The Morgan fingerprint density at radius 1 is 1.19 bits per heavy atom. The number of nitriles is 2. The topological polar surface area (TPSA) is 130 Å². The molecule has 0 aliphatic heterocycles. The van der Waals surface area contributed by atoms with Gasteiger partial charge in [-0.1, -0.05) is 0 Å². The first-order chi connectivity index (χ1) is 7.60. The van der Waals surface area contributed by atoms with Gasteiger partial charge in [-0.3, -0.25) is 0 Å². The van der Waals surface area contributed by atoms with Gasteiger partial charge in [0.2, 0.25) is 0 Å². The maximum atomic E-state index is 8.88. The van der Waals surface area contributed by atoms with E-state index in [1.165, 1.54) is 4.52 Å². The number of fused-ring (bicyclic) bond motifs is 1. The van der Waals surface area contributed by atoms with Crippen LogP contribution in [0.5, 0.6) is 0 Å². The molecule has 0 fully saturated rings. The van der Waals surface area contributed by atoms with Gasteiger partial charge in [-0.05, 0) is 6.92 Å². The van der Waals surface area contributed by atoms with E-state index in [-0.39, 0.29) is 28.4 Å². The van der Waals surface area contributed by atoms with E-state index in [4.69, 9.17) is 22.0 Å². The molecule has 7 heteroatoms. The number of nitrogens with two attached hydrogens (primary N) is 2. The molecule has 0 aliphatic rings. The second kappa shape index (κ2) is 3.11. The predicted octanol–water partition coefficient (Wildman–Crippen LogP) is -0.0545. The maximum Gasteiger partial charge on any atom is 0.177 e. The van der Waals surface area contributed by atoms with E-state index in [1.54, 1.807) is 6.92 Å². The molecule has 16 heavy (non-hydrogen) atoms. The summed E-state index contributed by atoms with van der Waals surface area (Å²) in [6.45, 7) is 1.64. The van der Waals surface area contributed by atoms with Crippen molar-refractivity contribution < 1.29 is 0 Å². The molecule has 0 saturated carbocycles. The molecule has 2 aromatic heterocycles. The summed E-state index contributed by atoms with van der Waals surface area (Å²) < 4.78 is 1.21. The smallest absolute Gasteiger partial charge is 0.177 e. The molecule has 78 valence electrons. The van der Waals surface area contributed by atoms with E-state index < -0.39 is 0 Å². The molecule has 2 aromatic rings. The standard InChI is InChI=1S/C9H7N7/c1-4-5(2-10)8(13)16-9(14-4)6(3-11)7(12)15-16/h13H2,1H3,(H2,12,15). The van der Waals surface area contributed by atoms with Gasteiger partial charge in [0.1, 0.15) is 29.1 Å². The van der Waals surface area contributed by atoms with E-state index in [0.717, 1.165) is 0 Å². The van der Waals surface area contributed by atoms with Crippen LogP contribution in [0.3, 0.4) is 0 Å². The van der Waals surface area contributed by atoms with Gasteiger partial charge >= 0.3 is 0 Å². The summed E-state index contributed by atoms with van der Waals surface area (Å²) in [5, 5.41) is 21.6. The van der Waals surface area contributed by atoms with Crippen LogP contribution < -0.4 is 11.5 Å². The lowest BCUT2D eigenvalue weighted by Crippen LogP contribution is -2.06. The Bertz CT molecular complexity index is 668. The molecule has 0 radical (unpaired) electrons. The Hall–Kier alpha value is -2.80. The van der Waals surface area contributed by atoms with Crippen LogP contribution in [-0.4, -0.2) is 14.6 Å².